The number of anilines is 1. The van der Waals surface area contributed by atoms with Crippen LogP contribution < -0.4 is 16.5 Å². The van der Waals surface area contributed by atoms with Crippen LogP contribution in [-0.2, 0) is 15.1 Å². The largest absolute Gasteiger partial charge is 0.368 e. The van der Waals surface area contributed by atoms with Crippen LogP contribution in [0.4, 0.5) is 5.69 Å². The standard InChI is InChI=1S/C26H32N6O3/c1-4-34-31(24(27)28)21-16-19(23(33)18-11-7-6-8-12-18)15-20(17-21)26(3)14-10-9-13-22(26)32(25(29)30)35-5-2/h6-17,22H,4-5H2,1-3H3,(H3,27,28)(H3,29,30). The van der Waals surface area contributed by atoms with Crippen molar-refractivity contribution in [3.63, 3.8) is 0 Å². The lowest BCUT2D eigenvalue weighted by molar-refractivity contribution is -0.124. The molecule has 184 valence electrons. The Bertz CT molecular complexity index is 1150. The van der Waals surface area contributed by atoms with Crippen molar-refractivity contribution in [2.75, 3.05) is 18.3 Å². The van der Waals surface area contributed by atoms with Gasteiger partial charge in [-0.2, -0.15) is 5.06 Å². The van der Waals surface area contributed by atoms with Gasteiger partial charge in [-0.1, -0.05) is 54.6 Å². The van der Waals surface area contributed by atoms with Gasteiger partial charge in [0, 0.05) is 16.5 Å². The molecule has 0 bridgehead atoms. The zero-order chi connectivity index (χ0) is 25.6. The fourth-order valence-electron chi connectivity index (χ4n) is 4.09. The lowest BCUT2D eigenvalue weighted by Crippen LogP contribution is -2.52. The molecule has 1 aliphatic rings. The van der Waals surface area contributed by atoms with Gasteiger partial charge in [0.05, 0.1) is 24.9 Å². The number of ketones is 1. The van der Waals surface area contributed by atoms with E-state index in [2.05, 4.69) is 0 Å². The summed E-state index contributed by atoms with van der Waals surface area (Å²) in [5.41, 5.74) is 13.0. The minimum absolute atomic E-state index is 0.183. The quantitative estimate of drug-likeness (QED) is 0.188. The Morgan fingerprint density at radius 3 is 2.26 bits per heavy atom. The number of nitrogens with two attached hydrogens (primary N) is 2. The maximum atomic E-state index is 13.4. The molecule has 3 rings (SSSR count). The number of carbonyl (C=O) groups is 1. The van der Waals surface area contributed by atoms with Crippen LogP contribution >= 0.6 is 0 Å². The van der Waals surface area contributed by atoms with E-state index >= 15 is 0 Å². The van der Waals surface area contributed by atoms with E-state index in [1.807, 2.05) is 56.4 Å². The lowest BCUT2D eigenvalue weighted by Gasteiger charge is -2.42. The number of nitrogens with zero attached hydrogens (tertiary/aromatic N) is 2. The summed E-state index contributed by atoms with van der Waals surface area (Å²) in [6.45, 7) is 6.18. The number of rotatable bonds is 9. The van der Waals surface area contributed by atoms with Gasteiger partial charge in [-0.05, 0) is 44.5 Å². The van der Waals surface area contributed by atoms with Crippen molar-refractivity contribution in [1.29, 1.82) is 10.8 Å². The average molecular weight is 477 g/mol. The van der Waals surface area contributed by atoms with Gasteiger partial charge in [0.1, 0.15) is 0 Å². The Kier molecular flexibility index (Phi) is 8.06. The Morgan fingerprint density at radius 2 is 1.66 bits per heavy atom. The predicted molar refractivity (Wildman–Crippen MR) is 137 cm³/mol. The van der Waals surface area contributed by atoms with Crippen molar-refractivity contribution in [2.24, 2.45) is 11.5 Å². The van der Waals surface area contributed by atoms with Crippen LogP contribution in [-0.4, -0.2) is 42.0 Å². The summed E-state index contributed by atoms with van der Waals surface area (Å²) in [5, 5.41) is 18.6. The van der Waals surface area contributed by atoms with Crippen LogP contribution in [0.1, 0.15) is 42.3 Å². The second-order valence-corrected chi connectivity index (χ2v) is 8.16. The van der Waals surface area contributed by atoms with E-state index in [0.717, 1.165) is 5.56 Å². The molecule has 35 heavy (non-hydrogen) atoms. The number of hydrogen-bond donors (Lipinski definition) is 4. The van der Waals surface area contributed by atoms with Gasteiger partial charge in [-0.15, -0.1) is 0 Å². The molecule has 0 fully saturated rings. The van der Waals surface area contributed by atoms with E-state index in [1.165, 1.54) is 10.1 Å². The van der Waals surface area contributed by atoms with Crippen molar-refractivity contribution in [3.8, 4) is 0 Å². The maximum absolute atomic E-state index is 13.4. The smallest absolute Gasteiger partial charge is 0.217 e. The van der Waals surface area contributed by atoms with E-state index in [9.17, 15) is 4.79 Å². The first-order chi connectivity index (χ1) is 16.7. The van der Waals surface area contributed by atoms with Gasteiger partial charge < -0.3 is 11.5 Å². The summed E-state index contributed by atoms with van der Waals surface area (Å²) in [7, 11) is 0. The molecular formula is C26H32N6O3. The number of carbonyl (C=O) groups excluding carboxylic acids is 1. The first kappa shape index (κ1) is 25.7. The normalized spacial score (nSPS) is 18.8. The van der Waals surface area contributed by atoms with Gasteiger partial charge >= 0.3 is 0 Å². The molecule has 2 atom stereocenters. The Morgan fingerprint density at radius 1 is 0.971 bits per heavy atom. The van der Waals surface area contributed by atoms with Gasteiger partial charge in [-0.25, -0.2) is 5.06 Å². The molecule has 0 heterocycles. The summed E-state index contributed by atoms with van der Waals surface area (Å²) >= 11 is 0. The molecular weight excluding hydrogens is 444 g/mol. The average Bonchev–Trinajstić information content (AvgIpc) is 2.85. The van der Waals surface area contributed by atoms with Gasteiger partial charge in [-0.3, -0.25) is 25.3 Å². The van der Waals surface area contributed by atoms with E-state index in [1.54, 1.807) is 37.3 Å². The van der Waals surface area contributed by atoms with Crippen LogP contribution in [0.2, 0.25) is 0 Å². The molecule has 0 saturated heterocycles. The minimum atomic E-state index is -0.758. The Labute approximate surface area is 205 Å². The van der Waals surface area contributed by atoms with E-state index in [0.29, 0.717) is 23.4 Å². The molecule has 2 unspecified atom stereocenters. The molecule has 0 spiro atoms. The number of hydroxylamine groups is 3. The highest BCUT2D eigenvalue weighted by Gasteiger charge is 2.40. The second-order valence-electron chi connectivity index (χ2n) is 8.16. The van der Waals surface area contributed by atoms with Gasteiger partial charge in [0.15, 0.2) is 5.78 Å². The third kappa shape index (κ3) is 5.42. The highest BCUT2D eigenvalue weighted by Crippen LogP contribution is 2.38. The lowest BCUT2D eigenvalue weighted by atomic mass is 9.72. The van der Waals surface area contributed by atoms with Crippen molar-refractivity contribution >= 4 is 23.4 Å². The predicted octanol–water partition coefficient (Wildman–Crippen LogP) is 3.47. The molecule has 1 aliphatic carbocycles. The molecule has 0 aromatic heterocycles. The van der Waals surface area contributed by atoms with Crippen LogP contribution in [0, 0.1) is 10.8 Å². The highest BCUT2D eigenvalue weighted by molar-refractivity contribution is 6.10. The Balaban J connectivity index is 2.22. The first-order valence-electron chi connectivity index (χ1n) is 11.4. The van der Waals surface area contributed by atoms with Gasteiger partial charge in [0.2, 0.25) is 11.9 Å². The van der Waals surface area contributed by atoms with Crippen molar-refractivity contribution in [1.82, 2.24) is 5.06 Å². The summed E-state index contributed by atoms with van der Waals surface area (Å²) in [6.07, 6.45) is 7.63. The summed E-state index contributed by atoms with van der Waals surface area (Å²) < 4.78 is 0. The molecule has 0 saturated carbocycles. The number of nitrogens with one attached hydrogen (secondary N) is 2. The molecule has 9 heteroatoms. The zero-order valence-electron chi connectivity index (χ0n) is 20.2. The van der Waals surface area contributed by atoms with Crippen molar-refractivity contribution in [3.05, 3.63) is 89.5 Å². The second kappa shape index (κ2) is 11.0. The summed E-state index contributed by atoms with van der Waals surface area (Å²) in [6, 6.07) is 13.8. The Hall–Kier alpha value is -3.95. The monoisotopic (exact) mass is 476 g/mol. The number of guanidine groups is 2. The van der Waals surface area contributed by atoms with Gasteiger partial charge in [0.25, 0.3) is 0 Å². The molecule has 2 aromatic rings. The third-order valence-corrected chi connectivity index (χ3v) is 5.77. The van der Waals surface area contributed by atoms with Crippen LogP contribution in [0.25, 0.3) is 0 Å². The van der Waals surface area contributed by atoms with Crippen molar-refractivity contribution in [2.45, 2.75) is 32.2 Å². The topological polar surface area (TPSA) is 142 Å². The van der Waals surface area contributed by atoms with Crippen LogP contribution in [0.3, 0.4) is 0 Å². The fourth-order valence-corrected chi connectivity index (χ4v) is 4.09. The molecule has 0 amide bonds. The minimum Gasteiger partial charge on any atom is -0.368 e. The highest BCUT2D eigenvalue weighted by atomic mass is 16.7. The number of hydrogen-bond acceptors (Lipinski definition) is 5. The van der Waals surface area contributed by atoms with E-state index < -0.39 is 11.5 Å². The van der Waals surface area contributed by atoms with Crippen LogP contribution in [0.15, 0.2) is 72.8 Å². The first-order valence-corrected chi connectivity index (χ1v) is 11.4. The number of benzene rings is 2. The molecule has 9 nitrogen and oxygen atoms in total. The molecule has 2 aromatic carbocycles. The fraction of sp³-hybridized carbons (Fsp3) is 0.269. The summed E-state index contributed by atoms with van der Waals surface area (Å²) in [4.78, 5) is 24.8. The van der Waals surface area contributed by atoms with E-state index in [-0.39, 0.29) is 24.3 Å². The zero-order valence-corrected chi connectivity index (χ0v) is 20.2. The van der Waals surface area contributed by atoms with Crippen LogP contribution in [0.5, 0.6) is 0 Å². The maximum Gasteiger partial charge on any atom is 0.217 e. The van der Waals surface area contributed by atoms with Crippen molar-refractivity contribution < 1.29 is 14.5 Å². The molecule has 0 aliphatic heterocycles. The molecule has 6 N–H and O–H groups in total. The molecule has 0 radical (unpaired) electrons. The van der Waals surface area contributed by atoms with E-state index in [4.69, 9.17) is 32.0 Å². The number of allylic oxidation sites excluding steroid dienone is 2. The third-order valence-electron chi connectivity index (χ3n) is 5.77. The SMILES string of the molecule is CCON(C(=N)N)c1cc(C(=O)c2ccccc2)cc(C2(C)C=CC=CC2N(OCC)C(=N)N)c1. The summed E-state index contributed by atoms with van der Waals surface area (Å²) in [5.74, 6) is -0.737.